The second kappa shape index (κ2) is 9.18. The smallest absolute Gasteiger partial charge is 0.411 e. The lowest BCUT2D eigenvalue weighted by Gasteiger charge is -2.50. The van der Waals surface area contributed by atoms with Crippen LogP contribution in [-0.2, 0) is 20.9 Å². The van der Waals surface area contributed by atoms with E-state index >= 15 is 0 Å². The summed E-state index contributed by atoms with van der Waals surface area (Å²) in [6.07, 6.45) is -1.52. The van der Waals surface area contributed by atoms with Gasteiger partial charge in [0.05, 0.1) is 19.8 Å². The van der Waals surface area contributed by atoms with Gasteiger partial charge in [-0.05, 0) is 51.8 Å². The van der Waals surface area contributed by atoms with E-state index in [1.807, 2.05) is 24.3 Å². The van der Waals surface area contributed by atoms with Gasteiger partial charge in [-0.15, -0.1) is 0 Å². The van der Waals surface area contributed by atoms with Crippen LogP contribution in [0.25, 0.3) is 0 Å². The number of carbonyl (C=O) groups excluding carboxylic acids is 2. The first kappa shape index (κ1) is 24.8. The molecule has 3 rings (SSSR count). The number of β-lactam (4-membered cyclic amide) rings is 1. The van der Waals surface area contributed by atoms with Crippen LogP contribution in [0.1, 0.15) is 39.7 Å². The van der Waals surface area contributed by atoms with E-state index in [2.05, 4.69) is 5.32 Å². The van der Waals surface area contributed by atoms with Gasteiger partial charge in [0.2, 0.25) is 0 Å². The maximum absolute atomic E-state index is 13.4. The Hall–Kier alpha value is -2.85. The fraction of sp³-hybridized carbons (Fsp3) is 0.609. The molecule has 0 saturated carbocycles. The van der Waals surface area contributed by atoms with Crippen LogP contribution in [0.4, 0.5) is 4.79 Å². The molecule has 10 heteroatoms. The van der Waals surface area contributed by atoms with E-state index in [9.17, 15) is 24.6 Å². The molecule has 2 amide bonds. The number of carboxylic acids is 1. The second-order valence-electron chi connectivity index (χ2n) is 9.76. The van der Waals surface area contributed by atoms with Gasteiger partial charge in [-0.25, -0.2) is 4.79 Å². The fourth-order valence-electron chi connectivity index (χ4n) is 4.42. The van der Waals surface area contributed by atoms with Crippen LogP contribution in [0.15, 0.2) is 24.3 Å². The van der Waals surface area contributed by atoms with Gasteiger partial charge in [0.25, 0.3) is 5.91 Å². The highest BCUT2D eigenvalue weighted by Crippen LogP contribution is 2.41. The molecule has 2 aliphatic rings. The zero-order valence-corrected chi connectivity index (χ0v) is 19.7. The lowest BCUT2D eigenvalue weighted by molar-refractivity contribution is -0.161. The van der Waals surface area contributed by atoms with Gasteiger partial charge in [-0.3, -0.25) is 19.8 Å². The summed E-state index contributed by atoms with van der Waals surface area (Å²) < 4.78 is 10.7. The molecule has 2 heterocycles. The number of carbonyl (C=O) groups is 3. The average Bonchev–Trinajstić information content (AvgIpc) is 3.11. The van der Waals surface area contributed by atoms with Gasteiger partial charge in [0.1, 0.15) is 22.9 Å². The summed E-state index contributed by atoms with van der Waals surface area (Å²) in [5.74, 6) is -0.690. The number of hydrogen-bond donors (Lipinski definition) is 3. The Morgan fingerprint density at radius 1 is 1.27 bits per heavy atom. The van der Waals surface area contributed by atoms with E-state index in [0.717, 1.165) is 11.3 Å². The number of methoxy groups -OCH3 is 1. The number of aliphatic hydroxyl groups is 1. The van der Waals surface area contributed by atoms with Crippen molar-refractivity contribution >= 4 is 18.0 Å². The Morgan fingerprint density at radius 3 is 2.39 bits per heavy atom. The van der Waals surface area contributed by atoms with Crippen LogP contribution in [0.2, 0.25) is 0 Å². The van der Waals surface area contributed by atoms with Crippen molar-refractivity contribution in [2.24, 2.45) is 0 Å². The van der Waals surface area contributed by atoms with Crippen molar-refractivity contribution < 1.29 is 34.1 Å². The number of aliphatic hydroxyl groups excluding tert-OH is 1. The number of nitrogens with one attached hydrogen (secondary N) is 1. The lowest BCUT2D eigenvalue weighted by atomic mass is 9.84. The molecule has 0 radical (unpaired) electrons. The van der Waals surface area contributed by atoms with Gasteiger partial charge in [-0.2, -0.15) is 0 Å². The Balaban J connectivity index is 1.78. The zero-order valence-electron chi connectivity index (χ0n) is 19.7. The number of nitrogens with zero attached hydrogens (tertiary/aromatic N) is 2. The maximum atomic E-state index is 13.4. The molecule has 2 unspecified atom stereocenters. The number of benzene rings is 1. The Morgan fingerprint density at radius 2 is 1.91 bits per heavy atom. The summed E-state index contributed by atoms with van der Waals surface area (Å²) in [6, 6.07) is 5.69. The predicted molar refractivity (Wildman–Crippen MR) is 119 cm³/mol. The van der Waals surface area contributed by atoms with Crippen LogP contribution in [-0.4, -0.2) is 87.5 Å². The SMILES string of the molecule is COc1ccc(CN2CC3(CC(N[C@H](C(=O)O)[C@@H](C)O)CN3C(=O)OC(C)(C)C)C2=O)cc1. The van der Waals surface area contributed by atoms with E-state index in [1.165, 1.54) is 11.8 Å². The van der Waals surface area contributed by atoms with Gasteiger partial charge < -0.3 is 24.6 Å². The minimum atomic E-state index is -1.21. The molecular weight excluding hydrogens is 430 g/mol. The van der Waals surface area contributed by atoms with Gasteiger partial charge in [0, 0.05) is 19.1 Å². The summed E-state index contributed by atoms with van der Waals surface area (Å²) >= 11 is 0. The highest BCUT2D eigenvalue weighted by Gasteiger charge is 2.63. The molecule has 2 aliphatic heterocycles. The number of carboxylic acid groups (broad SMARTS) is 1. The Kier molecular flexibility index (Phi) is 6.90. The largest absolute Gasteiger partial charge is 0.497 e. The number of rotatable bonds is 7. The molecule has 3 N–H and O–H groups in total. The normalized spacial score (nSPS) is 24.4. The molecule has 182 valence electrons. The third-order valence-corrected chi connectivity index (χ3v) is 5.95. The van der Waals surface area contributed by atoms with Crippen molar-refractivity contribution in [3.63, 3.8) is 0 Å². The molecule has 33 heavy (non-hydrogen) atoms. The minimum Gasteiger partial charge on any atom is -0.497 e. The zero-order chi connectivity index (χ0) is 24.6. The summed E-state index contributed by atoms with van der Waals surface area (Å²) in [4.78, 5) is 40.9. The van der Waals surface area contributed by atoms with Crippen molar-refractivity contribution in [1.82, 2.24) is 15.1 Å². The molecule has 1 aromatic rings. The molecule has 2 saturated heterocycles. The van der Waals surface area contributed by atoms with Crippen LogP contribution in [0.5, 0.6) is 5.75 Å². The molecule has 0 aromatic heterocycles. The Labute approximate surface area is 193 Å². The number of likely N-dealkylation sites (tertiary alicyclic amines) is 2. The van der Waals surface area contributed by atoms with Gasteiger partial charge in [0.15, 0.2) is 0 Å². The standard InChI is InChI=1S/C23H33N3O7/c1-14(27)18(19(28)29)24-16-10-23(26(12-16)21(31)33-22(2,3)4)13-25(20(23)30)11-15-6-8-17(32-5)9-7-15/h6-9,14,16,18,24,27H,10-13H2,1-5H3,(H,28,29)/t14-,16?,18+,23?/m1/s1. The summed E-state index contributed by atoms with van der Waals surface area (Å²) in [6.45, 7) is 7.42. The quantitative estimate of drug-likeness (QED) is 0.515. The number of amides is 2. The average molecular weight is 464 g/mol. The maximum Gasteiger partial charge on any atom is 0.411 e. The molecule has 0 bridgehead atoms. The molecular formula is C23H33N3O7. The van der Waals surface area contributed by atoms with E-state index in [0.29, 0.717) is 13.1 Å². The molecule has 2 fully saturated rings. The van der Waals surface area contributed by atoms with Crippen molar-refractivity contribution in [2.75, 3.05) is 20.2 Å². The monoisotopic (exact) mass is 463 g/mol. The number of aliphatic carboxylic acids is 1. The van der Waals surface area contributed by atoms with Crippen molar-refractivity contribution in [3.8, 4) is 5.75 Å². The third kappa shape index (κ3) is 5.22. The molecule has 0 aliphatic carbocycles. The van der Waals surface area contributed by atoms with Crippen LogP contribution >= 0.6 is 0 Å². The van der Waals surface area contributed by atoms with Gasteiger partial charge >= 0.3 is 12.1 Å². The molecule has 10 nitrogen and oxygen atoms in total. The third-order valence-electron chi connectivity index (χ3n) is 5.95. The molecule has 1 aromatic carbocycles. The topological polar surface area (TPSA) is 129 Å². The number of hydrogen-bond acceptors (Lipinski definition) is 7. The molecule has 1 spiro atoms. The highest BCUT2D eigenvalue weighted by molar-refractivity contribution is 5.96. The number of ether oxygens (including phenoxy) is 2. The summed E-state index contributed by atoms with van der Waals surface area (Å²) in [5.41, 5.74) is -0.924. The predicted octanol–water partition coefficient (Wildman–Crippen LogP) is 1.21. The van der Waals surface area contributed by atoms with Crippen molar-refractivity contribution in [1.29, 1.82) is 0 Å². The van der Waals surface area contributed by atoms with Gasteiger partial charge in [-0.1, -0.05) is 12.1 Å². The molecule has 4 atom stereocenters. The first-order valence-electron chi connectivity index (χ1n) is 11.0. The van der Waals surface area contributed by atoms with Crippen molar-refractivity contribution in [3.05, 3.63) is 29.8 Å². The first-order valence-corrected chi connectivity index (χ1v) is 11.0. The fourth-order valence-corrected chi connectivity index (χ4v) is 4.42. The first-order chi connectivity index (χ1) is 15.4. The second-order valence-corrected chi connectivity index (χ2v) is 9.76. The summed E-state index contributed by atoms with van der Waals surface area (Å²) in [7, 11) is 1.58. The Bertz CT molecular complexity index is 896. The highest BCUT2D eigenvalue weighted by atomic mass is 16.6. The van der Waals surface area contributed by atoms with Crippen LogP contribution < -0.4 is 10.1 Å². The van der Waals surface area contributed by atoms with Crippen molar-refractivity contribution in [2.45, 2.75) is 70.0 Å². The minimum absolute atomic E-state index is 0.105. The van der Waals surface area contributed by atoms with E-state index in [1.54, 1.807) is 32.8 Å². The van der Waals surface area contributed by atoms with E-state index in [4.69, 9.17) is 9.47 Å². The van der Waals surface area contributed by atoms with Crippen LogP contribution in [0, 0.1) is 0 Å². The van der Waals surface area contributed by atoms with Crippen LogP contribution in [0.3, 0.4) is 0 Å². The summed E-state index contributed by atoms with van der Waals surface area (Å²) in [5, 5.41) is 22.2. The van der Waals surface area contributed by atoms with E-state index in [-0.39, 0.29) is 18.9 Å². The lowest BCUT2D eigenvalue weighted by Crippen LogP contribution is -2.72. The van der Waals surface area contributed by atoms with E-state index < -0.39 is 41.4 Å².